The molecule has 0 bridgehead atoms. The van der Waals surface area contributed by atoms with Gasteiger partial charge in [0.1, 0.15) is 11.3 Å². The average molecular weight is 369 g/mol. The van der Waals surface area contributed by atoms with E-state index in [1.807, 2.05) is 79.7 Å². The van der Waals surface area contributed by atoms with Gasteiger partial charge in [-0.3, -0.25) is 0 Å². The summed E-state index contributed by atoms with van der Waals surface area (Å²) >= 11 is 0. The minimum atomic E-state index is -0.179. The van der Waals surface area contributed by atoms with Crippen molar-refractivity contribution in [1.82, 2.24) is 14.5 Å². The van der Waals surface area contributed by atoms with Crippen molar-refractivity contribution in [3.63, 3.8) is 0 Å². The Morgan fingerprint density at radius 2 is 1.71 bits per heavy atom. The maximum atomic E-state index is 10.1. The molecule has 0 aliphatic heterocycles. The molecule has 5 heteroatoms. The molecular formula is C23H19N3O2. The van der Waals surface area contributed by atoms with Gasteiger partial charge in [-0.05, 0) is 42.8 Å². The summed E-state index contributed by atoms with van der Waals surface area (Å²) < 4.78 is 7.98. The van der Waals surface area contributed by atoms with Crippen LogP contribution in [0.4, 0.5) is 0 Å². The Morgan fingerprint density at radius 1 is 0.929 bits per heavy atom. The quantitative estimate of drug-likeness (QED) is 0.497. The summed E-state index contributed by atoms with van der Waals surface area (Å²) in [5, 5.41) is 10.1. The topological polar surface area (TPSA) is 64.1 Å². The summed E-state index contributed by atoms with van der Waals surface area (Å²) in [6.07, 6.45) is 0. The lowest BCUT2D eigenvalue weighted by Gasteiger charge is -2.19. The summed E-state index contributed by atoms with van der Waals surface area (Å²) in [5.41, 5.74) is 5.36. The Bertz CT molecular complexity index is 1240. The highest BCUT2D eigenvalue weighted by atomic mass is 16.3. The smallest absolute Gasteiger partial charge is 0.227 e. The molecule has 0 aliphatic rings. The SMILES string of the molecule is Cc1nc2cc(-c3nc4ccccc4o3)ccc2n1C(CO)c1ccccc1. The average Bonchev–Trinajstić information content (AvgIpc) is 3.30. The number of rotatable bonds is 4. The van der Waals surface area contributed by atoms with Crippen LogP contribution in [0, 0.1) is 6.92 Å². The van der Waals surface area contributed by atoms with Gasteiger partial charge in [0.2, 0.25) is 5.89 Å². The fourth-order valence-corrected chi connectivity index (χ4v) is 3.75. The van der Waals surface area contributed by atoms with E-state index in [1.54, 1.807) is 0 Å². The number of aromatic nitrogens is 3. The monoisotopic (exact) mass is 369 g/mol. The first kappa shape index (κ1) is 16.7. The number of aryl methyl sites for hydroxylation is 1. The highest BCUT2D eigenvalue weighted by Gasteiger charge is 2.19. The van der Waals surface area contributed by atoms with Crippen LogP contribution in [0.2, 0.25) is 0 Å². The molecule has 1 unspecified atom stereocenters. The number of hydrogen-bond acceptors (Lipinski definition) is 4. The van der Waals surface area contributed by atoms with Crippen molar-refractivity contribution in [1.29, 1.82) is 0 Å². The van der Waals surface area contributed by atoms with E-state index in [0.717, 1.165) is 39.1 Å². The predicted octanol–water partition coefficient (Wildman–Crippen LogP) is 4.73. The lowest BCUT2D eigenvalue weighted by atomic mass is 10.1. The minimum Gasteiger partial charge on any atom is -0.436 e. The Morgan fingerprint density at radius 3 is 2.50 bits per heavy atom. The standard InChI is InChI=1S/C23H19N3O2/c1-15-24-19-13-17(23-25-18-9-5-6-10-22(18)28-23)11-12-20(19)26(15)21(14-27)16-7-3-2-4-8-16/h2-13,21,27H,14H2,1H3. The largest absolute Gasteiger partial charge is 0.436 e. The van der Waals surface area contributed by atoms with Gasteiger partial charge < -0.3 is 14.1 Å². The molecule has 1 atom stereocenters. The molecule has 0 fully saturated rings. The Hall–Kier alpha value is -3.44. The van der Waals surface area contributed by atoms with Crippen molar-refractivity contribution < 1.29 is 9.52 Å². The molecule has 2 aromatic heterocycles. The molecule has 0 saturated heterocycles. The molecule has 0 saturated carbocycles. The van der Waals surface area contributed by atoms with Crippen LogP contribution in [0.5, 0.6) is 0 Å². The second-order valence-electron chi connectivity index (χ2n) is 6.83. The van der Waals surface area contributed by atoms with E-state index in [1.165, 1.54) is 0 Å². The predicted molar refractivity (Wildman–Crippen MR) is 109 cm³/mol. The van der Waals surface area contributed by atoms with Crippen molar-refractivity contribution in [2.75, 3.05) is 6.61 Å². The van der Waals surface area contributed by atoms with Crippen LogP contribution in [-0.2, 0) is 0 Å². The molecule has 1 N–H and O–H groups in total. The number of imidazole rings is 1. The first-order valence-corrected chi connectivity index (χ1v) is 9.25. The number of aliphatic hydroxyl groups excluding tert-OH is 1. The Labute approximate surface area is 161 Å². The number of nitrogens with zero attached hydrogens (tertiary/aromatic N) is 3. The van der Waals surface area contributed by atoms with Crippen LogP contribution in [-0.4, -0.2) is 26.2 Å². The van der Waals surface area contributed by atoms with Gasteiger partial charge in [-0.1, -0.05) is 42.5 Å². The number of hydrogen-bond donors (Lipinski definition) is 1. The Kier molecular flexibility index (Phi) is 3.95. The molecule has 0 amide bonds. The van der Waals surface area contributed by atoms with E-state index >= 15 is 0 Å². The molecule has 0 spiro atoms. The van der Waals surface area contributed by atoms with Crippen LogP contribution in [0.25, 0.3) is 33.6 Å². The lowest BCUT2D eigenvalue weighted by Crippen LogP contribution is -2.16. The molecule has 28 heavy (non-hydrogen) atoms. The van der Waals surface area contributed by atoms with Gasteiger partial charge in [0.05, 0.1) is 23.7 Å². The maximum absolute atomic E-state index is 10.1. The highest BCUT2D eigenvalue weighted by molar-refractivity contribution is 5.83. The second kappa shape index (κ2) is 6.62. The van der Waals surface area contributed by atoms with Crippen LogP contribution in [0.15, 0.2) is 77.2 Å². The zero-order valence-corrected chi connectivity index (χ0v) is 15.4. The minimum absolute atomic E-state index is 0.00317. The third-order valence-electron chi connectivity index (χ3n) is 5.08. The maximum Gasteiger partial charge on any atom is 0.227 e. The summed E-state index contributed by atoms with van der Waals surface area (Å²) in [6.45, 7) is 1.97. The number of fused-ring (bicyclic) bond motifs is 2. The fraction of sp³-hybridized carbons (Fsp3) is 0.130. The van der Waals surface area contributed by atoms with Gasteiger partial charge in [-0.25, -0.2) is 9.97 Å². The second-order valence-corrected chi connectivity index (χ2v) is 6.83. The summed E-state index contributed by atoms with van der Waals surface area (Å²) in [6, 6.07) is 23.5. The highest BCUT2D eigenvalue weighted by Crippen LogP contribution is 2.30. The molecule has 138 valence electrons. The third kappa shape index (κ3) is 2.68. The van der Waals surface area contributed by atoms with E-state index in [2.05, 4.69) is 9.55 Å². The van der Waals surface area contributed by atoms with Crippen molar-refractivity contribution in [2.24, 2.45) is 0 Å². The first-order chi connectivity index (χ1) is 13.7. The van der Waals surface area contributed by atoms with E-state index in [0.29, 0.717) is 5.89 Å². The third-order valence-corrected chi connectivity index (χ3v) is 5.08. The molecule has 5 nitrogen and oxygen atoms in total. The number of benzene rings is 3. The summed E-state index contributed by atoms with van der Waals surface area (Å²) in [4.78, 5) is 9.31. The summed E-state index contributed by atoms with van der Waals surface area (Å²) in [7, 11) is 0. The zero-order chi connectivity index (χ0) is 19.1. The van der Waals surface area contributed by atoms with Crippen molar-refractivity contribution in [2.45, 2.75) is 13.0 Å². The lowest BCUT2D eigenvalue weighted by molar-refractivity contribution is 0.250. The van der Waals surface area contributed by atoms with Gasteiger partial charge in [0, 0.05) is 5.56 Å². The van der Waals surface area contributed by atoms with Gasteiger partial charge in [0.25, 0.3) is 0 Å². The molecule has 5 aromatic rings. The van der Waals surface area contributed by atoms with Crippen LogP contribution in [0.1, 0.15) is 17.4 Å². The zero-order valence-electron chi connectivity index (χ0n) is 15.4. The molecule has 0 aliphatic carbocycles. The van der Waals surface area contributed by atoms with Crippen molar-refractivity contribution in [3.05, 3.63) is 84.2 Å². The first-order valence-electron chi connectivity index (χ1n) is 9.25. The van der Waals surface area contributed by atoms with Crippen LogP contribution in [0.3, 0.4) is 0 Å². The molecule has 3 aromatic carbocycles. The van der Waals surface area contributed by atoms with E-state index < -0.39 is 0 Å². The molecular weight excluding hydrogens is 350 g/mol. The molecule has 2 heterocycles. The van der Waals surface area contributed by atoms with Gasteiger partial charge in [0.15, 0.2) is 5.58 Å². The molecule has 0 radical (unpaired) electrons. The fourth-order valence-electron chi connectivity index (χ4n) is 3.75. The Balaban J connectivity index is 1.62. The molecule has 5 rings (SSSR count). The van der Waals surface area contributed by atoms with Crippen molar-refractivity contribution in [3.8, 4) is 11.5 Å². The summed E-state index contributed by atoms with van der Waals surface area (Å²) in [5.74, 6) is 1.43. The van der Waals surface area contributed by atoms with Gasteiger partial charge in [-0.2, -0.15) is 0 Å². The normalized spacial score (nSPS) is 12.6. The van der Waals surface area contributed by atoms with Crippen molar-refractivity contribution >= 4 is 22.1 Å². The number of oxazole rings is 1. The number of aliphatic hydroxyl groups is 1. The number of para-hydroxylation sites is 2. The van der Waals surface area contributed by atoms with E-state index in [9.17, 15) is 5.11 Å². The van der Waals surface area contributed by atoms with Gasteiger partial charge >= 0.3 is 0 Å². The van der Waals surface area contributed by atoms with Gasteiger partial charge in [-0.15, -0.1) is 0 Å². The van der Waals surface area contributed by atoms with E-state index in [4.69, 9.17) is 9.40 Å². The van der Waals surface area contributed by atoms with E-state index in [-0.39, 0.29) is 12.6 Å². The van der Waals surface area contributed by atoms with Crippen LogP contribution >= 0.6 is 0 Å². The van der Waals surface area contributed by atoms with Crippen LogP contribution < -0.4 is 0 Å².